The lowest BCUT2D eigenvalue weighted by molar-refractivity contribution is -0.384. The summed E-state index contributed by atoms with van der Waals surface area (Å²) < 4.78 is 2.56. The van der Waals surface area contributed by atoms with Gasteiger partial charge in [-0.05, 0) is 18.6 Å². The summed E-state index contributed by atoms with van der Waals surface area (Å²) in [4.78, 5) is 10.3. The first kappa shape index (κ1) is 14.6. The van der Waals surface area contributed by atoms with Crippen molar-refractivity contribution in [1.82, 2.24) is 20.1 Å². The Morgan fingerprint density at radius 3 is 2.85 bits per heavy atom. The molecule has 2 rings (SSSR count). The first-order chi connectivity index (χ1) is 9.49. The van der Waals surface area contributed by atoms with Gasteiger partial charge in [0.1, 0.15) is 12.2 Å². The molecule has 1 unspecified atom stereocenters. The number of aromatic nitrogens is 3. The third kappa shape index (κ3) is 3.20. The predicted molar refractivity (Wildman–Crippen MR) is 77.1 cm³/mol. The smallest absolute Gasteiger partial charge is 0.270 e. The fourth-order valence-corrected chi connectivity index (χ4v) is 2.34. The van der Waals surface area contributed by atoms with E-state index in [1.807, 2.05) is 18.5 Å². The Kier molecular flexibility index (Phi) is 4.46. The lowest BCUT2D eigenvalue weighted by atomic mass is 10.2. The van der Waals surface area contributed by atoms with E-state index in [9.17, 15) is 10.1 Å². The van der Waals surface area contributed by atoms with Crippen LogP contribution in [0.15, 0.2) is 29.0 Å². The second-order valence-corrected chi connectivity index (χ2v) is 5.29. The minimum absolute atomic E-state index is 0.0320. The van der Waals surface area contributed by atoms with Gasteiger partial charge in [0.05, 0.1) is 11.0 Å². The fourth-order valence-electron chi connectivity index (χ4n) is 1.83. The Morgan fingerprint density at radius 1 is 1.55 bits per heavy atom. The van der Waals surface area contributed by atoms with Crippen LogP contribution in [0, 0.1) is 10.1 Å². The summed E-state index contributed by atoms with van der Waals surface area (Å²) in [7, 11) is 1.88. The summed E-state index contributed by atoms with van der Waals surface area (Å²) in [6.45, 7) is 2.57. The average molecular weight is 340 g/mol. The highest BCUT2D eigenvalue weighted by Crippen LogP contribution is 2.23. The van der Waals surface area contributed by atoms with Gasteiger partial charge in [0.15, 0.2) is 0 Å². The molecule has 0 bridgehead atoms. The van der Waals surface area contributed by atoms with Crippen molar-refractivity contribution in [2.75, 3.05) is 0 Å². The number of halogens is 1. The van der Waals surface area contributed by atoms with Crippen LogP contribution in [-0.2, 0) is 13.6 Å². The van der Waals surface area contributed by atoms with E-state index < -0.39 is 4.92 Å². The highest BCUT2D eigenvalue weighted by molar-refractivity contribution is 9.10. The highest BCUT2D eigenvalue weighted by atomic mass is 79.9. The monoisotopic (exact) mass is 339 g/mol. The maximum Gasteiger partial charge on any atom is 0.270 e. The topological polar surface area (TPSA) is 85.9 Å². The van der Waals surface area contributed by atoms with Gasteiger partial charge in [0, 0.05) is 30.2 Å². The van der Waals surface area contributed by atoms with Crippen LogP contribution in [0.4, 0.5) is 5.69 Å². The summed E-state index contributed by atoms with van der Waals surface area (Å²) >= 11 is 3.35. The van der Waals surface area contributed by atoms with Gasteiger partial charge in [-0.25, -0.2) is 0 Å². The number of aryl methyl sites for hydroxylation is 1. The van der Waals surface area contributed by atoms with Crippen molar-refractivity contribution in [2.45, 2.75) is 19.5 Å². The first-order valence-corrected chi connectivity index (χ1v) is 6.78. The summed E-state index contributed by atoms with van der Waals surface area (Å²) in [5, 5.41) is 21.9. The van der Waals surface area contributed by atoms with Crippen molar-refractivity contribution in [3.8, 4) is 0 Å². The third-order valence-corrected chi connectivity index (χ3v) is 3.72. The Balaban J connectivity index is 2.04. The van der Waals surface area contributed by atoms with E-state index in [4.69, 9.17) is 0 Å². The summed E-state index contributed by atoms with van der Waals surface area (Å²) in [6, 6.07) is 4.77. The second kappa shape index (κ2) is 6.10. The summed E-state index contributed by atoms with van der Waals surface area (Å²) in [5.41, 5.74) is 1.02. The molecule has 0 amide bonds. The normalized spacial score (nSPS) is 12.3. The van der Waals surface area contributed by atoms with Crippen molar-refractivity contribution < 1.29 is 4.92 Å². The van der Waals surface area contributed by atoms with Crippen molar-refractivity contribution >= 4 is 21.6 Å². The number of rotatable bonds is 5. The Morgan fingerprint density at radius 2 is 2.30 bits per heavy atom. The van der Waals surface area contributed by atoms with Gasteiger partial charge in [0.2, 0.25) is 0 Å². The van der Waals surface area contributed by atoms with Crippen LogP contribution >= 0.6 is 15.9 Å². The van der Waals surface area contributed by atoms with Crippen LogP contribution in [0.2, 0.25) is 0 Å². The van der Waals surface area contributed by atoms with Crippen LogP contribution < -0.4 is 5.32 Å². The predicted octanol–water partition coefficient (Wildman–Crippen LogP) is 2.34. The van der Waals surface area contributed by atoms with Gasteiger partial charge in [-0.1, -0.05) is 15.9 Å². The lowest BCUT2D eigenvalue weighted by Crippen LogP contribution is -2.21. The molecule has 0 saturated heterocycles. The molecule has 0 radical (unpaired) electrons. The minimum atomic E-state index is -0.413. The van der Waals surface area contributed by atoms with Crippen molar-refractivity contribution in [3.63, 3.8) is 0 Å². The molecule has 0 spiro atoms. The number of non-ortho nitro benzene ring substituents is 1. The molecule has 1 N–H and O–H groups in total. The molecule has 1 atom stereocenters. The number of hydrogen-bond acceptors (Lipinski definition) is 5. The zero-order chi connectivity index (χ0) is 14.7. The molecule has 0 saturated carbocycles. The molecule has 0 aliphatic rings. The molecule has 0 fully saturated rings. The summed E-state index contributed by atoms with van der Waals surface area (Å²) in [6.07, 6.45) is 1.65. The molecule has 0 aliphatic heterocycles. The van der Waals surface area contributed by atoms with E-state index >= 15 is 0 Å². The largest absolute Gasteiger partial charge is 0.319 e. The molecule has 1 aromatic carbocycles. The van der Waals surface area contributed by atoms with Gasteiger partial charge in [-0.3, -0.25) is 10.1 Å². The van der Waals surface area contributed by atoms with Gasteiger partial charge in [-0.15, -0.1) is 10.2 Å². The zero-order valence-electron chi connectivity index (χ0n) is 11.1. The molecule has 8 heteroatoms. The van der Waals surface area contributed by atoms with E-state index in [2.05, 4.69) is 31.4 Å². The molecule has 1 aromatic heterocycles. The van der Waals surface area contributed by atoms with E-state index in [0.717, 1.165) is 11.4 Å². The van der Waals surface area contributed by atoms with Crippen molar-refractivity contribution in [2.24, 2.45) is 7.05 Å². The molecule has 0 aliphatic carbocycles. The molecule has 7 nitrogen and oxygen atoms in total. The Bertz CT molecular complexity index is 628. The number of hydrogen-bond donors (Lipinski definition) is 1. The zero-order valence-corrected chi connectivity index (χ0v) is 12.7. The average Bonchev–Trinajstić information content (AvgIpc) is 2.83. The van der Waals surface area contributed by atoms with E-state index in [0.29, 0.717) is 11.0 Å². The second-order valence-electron chi connectivity index (χ2n) is 4.44. The van der Waals surface area contributed by atoms with Crippen LogP contribution in [0.1, 0.15) is 24.4 Å². The minimum Gasteiger partial charge on any atom is -0.319 e. The maximum absolute atomic E-state index is 10.7. The molecular weight excluding hydrogens is 326 g/mol. The first-order valence-electron chi connectivity index (χ1n) is 5.99. The standard InChI is InChI=1S/C12H14BrN5O2/c1-8(12-16-15-7-17(12)2)14-6-9-3-4-10(18(19)20)5-11(9)13/h3-5,7-8,14H,6H2,1-2H3. The molecule has 106 valence electrons. The van der Waals surface area contributed by atoms with E-state index in [1.54, 1.807) is 12.4 Å². The van der Waals surface area contributed by atoms with Gasteiger partial charge in [-0.2, -0.15) is 0 Å². The summed E-state index contributed by atoms with van der Waals surface area (Å²) in [5.74, 6) is 0.836. The van der Waals surface area contributed by atoms with Crippen LogP contribution in [0.5, 0.6) is 0 Å². The molecule has 2 aromatic rings. The molecule has 20 heavy (non-hydrogen) atoms. The quantitative estimate of drug-likeness (QED) is 0.667. The van der Waals surface area contributed by atoms with Crippen LogP contribution in [0.25, 0.3) is 0 Å². The Labute approximate surface area is 124 Å². The number of nitrogens with zero attached hydrogens (tertiary/aromatic N) is 4. The lowest BCUT2D eigenvalue weighted by Gasteiger charge is -2.13. The molecule has 1 heterocycles. The van der Waals surface area contributed by atoms with Crippen molar-refractivity contribution in [3.05, 3.63) is 50.5 Å². The fraction of sp³-hybridized carbons (Fsp3) is 0.333. The molecular formula is C12H14BrN5O2. The number of nitro groups is 1. The van der Waals surface area contributed by atoms with E-state index in [-0.39, 0.29) is 11.7 Å². The maximum atomic E-state index is 10.7. The van der Waals surface area contributed by atoms with Gasteiger partial charge in [0.25, 0.3) is 5.69 Å². The van der Waals surface area contributed by atoms with E-state index in [1.165, 1.54) is 12.1 Å². The number of benzene rings is 1. The Hall–Kier alpha value is -1.80. The van der Waals surface area contributed by atoms with Gasteiger partial charge < -0.3 is 9.88 Å². The van der Waals surface area contributed by atoms with Crippen LogP contribution in [-0.4, -0.2) is 19.7 Å². The number of nitro benzene ring substituents is 1. The third-order valence-electron chi connectivity index (χ3n) is 2.98. The highest BCUT2D eigenvalue weighted by Gasteiger charge is 2.13. The van der Waals surface area contributed by atoms with Gasteiger partial charge >= 0.3 is 0 Å². The SMILES string of the molecule is CC(NCc1ccc([N+](=O)[O-])cc1Br)c1nncn1C. The number of nitrogens with one attached hydrogen (secondary N) is 1. The van der Waals surface area contributed by atoms with Crippen LogP contribution in [0.3, 0.4) is 0 Å². The van der Waals surface area contributed by atoms with Crippen molar-refractivity contribution in [1.29, 1.82) is 0 Å².